The highest BCUT2D eigenvalue weighted by atomic mass is 32.2. The minimum absolute atomic E-state index is 0.164. The third kappa shape index (κ3) is 4.02. The Bertz CT molecular complexity index is 272. The van der Waals surface area contributed by atoms with Crippen LogP contribution in [-0.4, -0.2) is 46.7 Å². The quantitative estimate of drug-likeness (QED) is 0.739. The highest BCUT2D eigenvalue weighted by molar-refractivity contribution is 8.00. The molecule has 92 valence electrons. The van der Waals surface area contributed by atoms with E-state index in [4.69, 9.17) is 9.84 Å². The van der Waals surface area contributed by atoms with Crippen LogP contribution in [0, 0.1) is 0 Å². The molecule has 0 radical (unpaired) electrons. The average molecular weight is 247 g/mol. The summed E-state index contributed by atoms with van der Waals surface area (Å²) in [5.74, 6) is -0.925. The van der Waals surface area contributed by atoms with E-state index in [9.17, 15) is 9.59 Å². The Hall–Kier alpha value is -0.750. The van der Waals surface area contributed by atoms with Gasteiger partial charge in [0.05, 0.1) is 6.10 Å². The van der Waals surface area contributed by atoms with Gasteiger partial charge in [0.25, 0.3) is 0 Å². The van der Waals surface area contributed by atoms with E-state index in [2.05, 4.69) is 5.32 Å². The summed E-state index contributed by atoms with van der Waals surface area (Å²) in [6, 6.07) is -0.810. The van der Waals surface area contributed by atoms with E-state index in [1.165, 1.54) is 6.92 Å². The number of aliphatic carboxylic acids is 1. The van der Waals surface area contributed by atoms with Crippen molar-refractivity contribution in [2.24, 2.45) is 0 Å². The van der Waals surface area contributed by atoms with Crippen LogP contribution in [0.25, 0.3) is 0 Å². The SMILES string of the molecule is CC(=O)NC(CSC1CCOC1C)C(=O)O. The molecule has 3 unspecified atom stereocenters. The summed E-state index contributed by atoms with van der Waals surface area (Å²) in [6.45, 7) is 4.04. The van der Waals surface area contributed by atoms with Crippen molar-refractivity contribution < 1.29 is 19.4 Å². The van der Waals surface area contributed by atoms with Gasteiger partial charge in [-0.25, -0.2) is 4.79 Å². The molecular formula is C10H17NO4S. The third-order valence-corrected chi connectivity index (χ3v) is 4.03. The summed E-state index contributed by atoms with van der Waals surface area (Å²) in [5, 5.41) is 11.6. The van der Waals surface area contributed by atoms with Gasteiger partial charge in [-0.15, -0.1) is 0 Å². The van der Waals surface area contributed by atoms with E-state index in [0.29, 0.717) is 11.0 Å². The average Bonchev–Trinajstić information content (AvgIpc) is 2.57. The van der Waals surface area contributed by atoms with Crippen LogP contribution in [0.5, 0.6) is 0 Å². The number of amides is 1. The normalized spacial score (nSPS) is 26.4. The van der Waals surface area contributed by atoms with Gasteiger partial charge in [-0.2, -0.15) is 11.8 Å². The van der Waals surface area contributed by atoms with Crippen LogP contribution in [-0.2, 0) is 14.3 Å². The maximum Gasteiger partial charge on any atom is 0.327 e. The molecule has 1 saturated heterocycles. The van der Waals surface area contributed by atoms with Crippen LogP contribution in [0.4, 0.5) is 0 Å². The van der Waals surface area contributed by atoms with Gasteiger partial charge < -0.3 is 15.2 Å². The minimum Gasteiger partial charge on any atom is -0.480 e. The lowest BCUT2D eigenvalue weighted by atomic mass is 10.3. The molecule has 6 heteroatoms. The molecule has 0 aromatic heterocycles. The fourth-order valence-corrected chi connectivity index (χ4v) is 2.85. The van der Waals surface area contributed by atoms with Crippen LogP contribution in [0.1, 0.15) is 20.3 Å². The van der Waals surface area contributed by atoms with E-state index in [-0.39, 0.29) is 12.0 Å². The van der Waals surface area contributed by atoms with Crippen molar-refractivity contribution in [2.75, 3.05) is 12.4 Å². The van der Waals surface area contributed by atoms with Crippen LogP contribution < -0.4 is 5.32 Å². The lowest BCUT2D eigenvalue weighted by molar-refractivity contribution is -0.140. The molecule has 1 rings (SSSR count). The molecule has 1 aliphatic heterocycles. The van der Waals surface area contributed by atoms with Crippen LogP contribution in [0.3, 0.4) is 0 Å². The van der Waals surface area contributed by atoms with Gasteiger partial charge in [-0.3, -0.25) is 4.79 Å². The number of hydrogen-bond acceptors (Lipinski definition) is 4. The Morgan fingerprint density at radius 1 is 1.62 bits per heavy atom. The second-order valence-corrected chi connectivity index (χ2v) is 5.10. The fraction of sp³-hybridized carbons (Fsp3) is 0.800. The molecule has 1 heterocycles. The second kappa shape index (κ2) is 6.10. The number of ether oxygens (including phenoxy) is 1. The summed E-state index contributed by atoms with van der Waals surface area (Å²) < 4.78 is 5.38. The molecule has 1 aliphatic rings. The van der Waals surface area contributed by atoms with Gasteiger partial charge in [-0.1, -0.05) is 0 Å². The molecule has 1 fully saturated rings. The molecule has 0 aliphatic carbocycles. The monoisotopic (exact) mass is 247 g/mol. The van der Waals surface area contributed by atoms with E-state index in [1.54, 1.807) is 11.8 Å². The fourth-order valence-electron chi connectivity index (χ4n) is 1.57. The van der Waals surface area contributed by atoms with Gasteiger partial charge in [-0.05, 0) is 13.3 Å². The summed E-state index contributed by atoms with van der Waals surface area (Å²) in [4.78, 5) is 21.7. The molecular weight excluding hydrogens is 230 g/mol. The first-order chi connectivity index (χ1) is 7.50. The Morgan fingerprint density at radius 2 is 2.31 bits per heavy atom. The van der Waals surface area contributed by atoms with Crippen molar-refractivity contribution in [1.29, 1.82) is 0 Å². The van der Waals surface area contributed by atoms with Gasteiger partial charge in [0, 0.05) is 24.5 Å². The third-order valence-electron chi connectivity index (χ3n) is 2.46. The Morgan fingerprint density at radius 3 is 2.75 bits per heavy atom. The molecule has 0 aromatic rings. The smallest absolute Gasteiger partial charge is 0.327 e. The molecule has 0 saturated carbocycles. The predicted molar refractivity (Wildman–Crippen MR) is 61.5 cm³/mol. The maximum atomic E-state index is 10.9. The maximum absolute atomic E-state index is 10.9. The molecule has 0 spiro atoms. The second-order valence-electron chi connectivity index (χ2n) is 3.83. The summed E-state index contributed by atoms with van der Waals surface area (Å²) in [6.07, 6.45) is 1.11. The molecule has 1 amide bonds. The largest absolute Gasteiger partial charge is 0.480 e. The number of rotatable bonds is 5. The lowest BCUT2D eigenvalue weighted by Crippen LogP contribution is -2.42. The summed E-state index contributed by atoms with van der Waals surface area (Å²) >= 11 is 1.55. The number of thioether (sulfide) groups is 1. The molecule has 3 atom stereocenters. The number of carboxylic acid groups (broad SMARTS) is 1. The van der Waals surface area contributed by atoms with Gasteiger partial charge >= 0.3 is 5.97 Å². The first-order valence-corrected chi connectivity index (χ1v) is 6.28. The molecule has 0 bridgehead atoms. The predicted octanol–water partition coefficient (Wildman–Crippen LogP) is 0.486. The van der Waals surface area contributed by atoms with Gasteiger partial charge in [0.2, 0.25) is 5.91 Å². The summed E-state index contributed by atoms with van der Waals surface area (Å²) in [5.41, 5.74) is 0. The van der Waals surface area contributed by atoms with E-state index >= 15 is 0 Å². The zero-order chi connectivity index (χ0) is 12.1. The van der Waals surface area contributed by atoms with Crippen LogP contribution in [0.2, 0.25) is 0 Å². The molecule has 5 nitrogen and oxygen atoms in total. The number of nitrogens with one attached hydrogen (secondary N) is 1. The molecule has 2 N–H and O–H groups in total. The topological polar surface area (TPSA) is 75.6 Å². The first kappa shape index (κ1) is 13.3. The molecule has 0 aromatic carbocycles. The van der Waals surface area contributed by atoms with E-state index in [0.717, 1.165) is 13.0 Å². The van der Waals surface area contributed by atoms with E-state index < -0.39 is 12.0 Å². The van der Waals surface area contributed by atoms with Crippen molar-refractivity contribution in [3.63, 3.8) is 0 Å². The summed E-state index contributed by atoms with van der Waals surface area (Å²) in [7, 11) is 0. The van der Waals surface area contributed by atoms with Crippen molar-refractivity contribution in [2.45, 2.75) is 37.7 Å². The van der Waals surface area contributed by atoms with Crippen molar-refractivity contribution in [1.82, 2.24) is 5.32 Å². The first-order valence-electron chi connectivity index (χ1n) is 5.24. The zero-order valence-electron chi connectivity index (χ0n) is 9.43. The molecule has 16 heavy (non-hydrogen) atoms. The van der Waals surface area contributed by atoms with Crippen LogP contribution >= 0.6 is 11.8 Å². The Kier molecular flexibility index (Phi) is 5.08. The lowest BCUT2D eigenvalue weighted by Gasteiger charge is -2.17. The Labute approximate surface area is 98.9 Å². The number of carboxylic acids is 1. The number of carbonyl (C=O) groups excluding carboxylic acids is 1. The van der Waals surface area contributed by atoms with Crippen molar-refractivity contribution in [3.8, 4) is 0 Å². The van der Waals surface area contributed by atoms with Crippen molar-refractivity contribution >= 4 is 23.6 Å². The van der Waals surface area contributed by atoms with Crippen molar-refractivity contribution in [3.05, 3.63) is 0 Å². The van der Waals surface area contributed by atoms with E-state index in [1.807, 2.05) is 6.92 Å². The van der Waals surface area contributed by atoms with Gasteiger partial charge in [0.15, 0.2) is 0 Å². The number of hydrogen-bond donors (Lipinski definition) is 2. The van der Waals surface area contributed by atoms with Crippen LogP contribution in [0.15, 0.2) is 0 Å². The minimum atomic E-state index is -0.991. The van der Waals surface area contributed by atoms with Gasteiger partial charge in [0.1, 0.15) is 6.04 Å². The standard InChI is InChI=1S/C10H17NO4S/c1-6-9(3-4-15-6)16-5-8(10(13)14)11-7(2)12/h6,8-9H,3-5H2,1-2H3,(H,11,12)(H,13,14). The highest BCUT2D eigenvalue weighted by Gasteiger charge is 2.27. The zero-order valence-corrected chi connectivity index (χ0v) is 10.3. The highest BCUT2D eigenvalue weighted by Crippen LogP contribution is 2.26. The number of carbonyl (C=O) groups is 2. The Balaban J connectivity index is 2.37.